The molecule has 5 nitrogen and oxygen atoms in total. The molecular weight excluding hydrogens is 338 g/mol. The predicted octanol–water partition coefficient (Wildman–Crippen LogP) is 2.86. The van der Waals surface area contributed by atoms with Gasteiger partial charge in [0.05, 0.1) is 18.5 Å². The van der Waals surface area contributed by atoms with E-state index in [1.54, 1.807) is 26.2 Å². The van der Waals surface area contributed by atoms with Crippen LogP contribution in [0.3, 0.4) is 0 Å². The number of benzene rings is 1. The van der Waals surface area contributed by atoms with E-state index in [2.05, 4.69) is 0 Å². The number of ether oxygens (including phenoxy) is 2. The van der Waals surface area contributed by atoms with Gasteiger partial charge in [-0.2, -0.15) is 0 Å². The fourth-order valence-electron chi connectivity index (χ4n) is 1.86. The summed E-state index contributed by atoms with van der Waals surface area (Å²) in [5.74, 6) is -0.546. The first-order chi connectivity index (χ1) is 11.0. The Bertz CT molecular complexity index is 509. The van der Waals surface area contributed by atoms with Gasteiger partial charge in [0.15, 0.2) is 0 Å². The molecule has 0 saturated heterocycles. The zero-order chi connectivity index (χ0) is 17.2. The quantitative estimate of drug-likeness (QED) is 0.501. The molecule has 1 rings (SSSR count). The lowest BCUT2D eigenvalue weighted by molar-refractivity contribution is -0.149. The third kappa shape index (κ3) is 7.24. The molecule has 1 aromatic rings. The summed E-state index contributed by atoms with van der Waals surface area (Å²) in [6.07, 6.45) is 0. The summed E-state index contributed by atoms with van der Waals surface area (Å²) < 4.78 is 9.93. The fraction of sp³-hybridized carbons (Fsp3) is 0.500. The number of amides is 1. The Kier molecular flexibility index (Phi) is 9.06. The lowest BCUT2D eigenvalue weighted by Crippen LogP contribution is -2.42. The van der Waals surface area contributed by atoms with Gasteiger partial charge in [-0.1, -0.05) is 11.6 Å². The Hall–Kier alpha value is -1.24. The van der Waals surface area contributed by atoms with Crippen molar-refractivity contribution in [3.63, 3.8) is 0 Å². The van der Waals surface area contributed by atoms with Crippen LogP contribution in [0.2, 0.25) is 5.02 Å². The van der Waals surface area contributed by atoms with Crippen LogP contribution in [0.4, 0.5) is 0 Å². The molecule has 0 bridgehead atoms. The van der Waals surface area contributed by atoms with Gasteiger partial charge in [-0.3, -0.25) is 9.59 Å². The average molecular weight is 360 g/mol. The van der Waals surface area contributed by atoms with Crippen molar-refractivity contribution in [3.05, 3.63) is 29.3 Å². The van der Waals surface area contributed by atoms with Crippen LogP contribution in [0.25, 0.3) is 0 Å². The van der Waals surface area contributed by atoms with E-state index in [1.165, 1.54) is 16.7 Å². The standard InChI is InChI=1S/C16H22ClNO4S/c1-4-22-15(19)11-18(9-10-21-3)16(20)12(2)23-14-7-5-13(17)6-8-14/h5-8,12H,4,9-11H2,1-3H3. The highest BCUT2D eigenvalue weighted by Crippen LogP contribution is 2.25. The lowest BCUT2D eigenvalue weighted by atomic mass is 10.3. The fourth-order valence-corrected chi connectivity index (χ4v) is 2.93. The molecule has 1 amide bonds. The molecule has 0 aliphatic heterocycles. The minimum Gasteiger partial charge on any atom is -0.465 e. The van der Waals surface area contributed by atoms with Crippen molar-refractivity contribution in [1.29, 1.82) is 0 Å². The van der Waals surface area contributed by atoms with Gasteiger partial charge in [-0.15, -0.1) is 11.8 Å². The number of hydrogen-bond donors (Lipinski definition) is 0. The van der Waals surface area contributed by atoms with Gasteiger partial charge in [0.1, 0.15) is 6.54 Å². The molecule has 0 fully saturated rings. The topological polar surface area (TPSA) is 55.8 Å². The lowest BCUT2D eigenvalue weighted by Gasteiger charge is -2.24. The van der Waals surface area contributed by atoms with E-state index in [4.69, 9.17) is 21.1 Å². The van der Waals surface area contributed by atoms with Crippen LogP contribution in [-0.4, -0.2) is 55.4 Å². The maximum absolute atomic E-state index is 12.6. The Labute approximate surface area is 146 Å². The third-order valence-electron chi connectivity index (χ3n) is 2.98. The number of halogens is 1. The Morgan fingerprint density at radius 3 is 2.52 bits per heavy atom. The van der Waals surface area contributed by atoms with Gasteiger partial charge in [-0.05, 0) is 38.1 Å². The Morgan fingerprint density at radius 2 is 1.96 bits per heavy atom. The summed E-state index contributed by atoms with van der Waals surface area (Å²) in [6, 6.07) is 7.29. The van der Waals surface area contributed by atoms with Crippen molar-refractivity contribution < 1.29 is 19.1 Å². The van der Waals surface area contributed by atoms with Crippen molar-refractivity contribution in [2.75, 3.05) is 33.4 Å². The molecule has 0 heterocycles. The van der Waals surface area contributed by atoms with Gasteiger partial charge in [0.2, 0.25) is 5.91 Å². The van der Waals surface area contributed by atoms with Crippen LogP contribution >= 0.6 is 23.4 Å². The molecular formula is C16H22ClNO4S. The summed E-state index contributed by atoms with van der Waals surface area (Å²) in [5.41, 5.74) is 0. The molecule has 0 N–H and O–H groups in total. The normalized spacial score (nSPS) is 11.8. The van der Waals surface area contributed by atoms with E-state index in [0.717, 1.165) is 4.90 Å². The number of carbonyl (C=O) groups excluding carboxylic acids is 2. The molecule has 0 spiro atoms. The van der Waals surface area contributed by atoms with Crippen molar-refractivity contribution in [2.45, 2.75) is 24.0 Å². The highest BCUT2D eigenvalue weighted by atomic mass is 35.5. The van der Waals surface area contributed by atoms with Crippen LogP contribution in [0.15, 0.2) is 29.2 Å². The second-order valence-electron chi connectivity index (χ2n) is 4.77. The van der Waals surface area contributed by atoms with Crippen molar-refractivity contribution in [2.24, 2.45) is 0 Å². The van der Waals surface area contributed by atoms with Crippen LogP contribution in [0.1, 0.15) is 13.8 Å². The van der Waals surface area contributed by atoms with Crippen molar-refractivity contribution in [1.82, 2.24) is 4.90 Å². The minimum absolute atomic E-state index is 0.0679. The Morgan fingerprint density at radius 1 is 1.30 bits per heavy atom. The number of rotatable bonds is 9. The van der Waals surface area contributed by atoms with Gasteiger partial charge in [0, 0.05) is 23.6 Å². The molecule has 0 aromatic heterocycles. The highest BCUT2D eigenvalue weighted by molar-refractivity contribution is 8.00. The van der Waals surface area contributed by atoms with Gasteiger partial charge in [-0.25, -0.2) is 0 Å². The van der Waals surface area contributed by atoms with E-state index in [0.29, 0.717) is 24.8 Å². The van der Waals surface area contributed by atoms with E-state index in [-0.39, 0.29) is 17.7 Å². The van der Waals surface area contributed by atoms with Crippen LogP contribution in [-0.2, 0) is 19.1 Å². The molecule has 0 aliphatic carbocycles. The van der Waals surface area contributed by atoms with E-state index < -0.39 is 5.97 Å². The molecule has 0 saturated carbocycles. The zero-order valence-electron chi connectivity index (χ0n) is 13.6. The van der Waals surface area contributed by atoms with Gasteiger partial charge in [0.25, 0.3) is 0 Å². The number of thioether (sulfide) groups is 1. The number of nitrogens with zero attached hydrogens (tertiary/aromatic N) is 1. The van der Waals surface area contributed by atoms with E-state index in [9.17, 15) is 9.59 Å². The summed E-state index contributed by atoms with van der Waals surface area (Å²) >= 11 is 7.28. The summed E-state index contributed by atoms with van der Waals surface area (Å²) in [7, 11) is 1.55. The van der Waals surface area contributed by atoms with Crippen molar-refractivity contribution >= 4 is 35.2 Å². The number of hydrogen-bond acceptors (Lipinski definition) is 5. The molecule has 0 aliphatic rings. The first-order valence-corrected chi connectivity index (χ1v) is 8.59. The first kappa shape index (κ1) is 19.8. The molecule has 7 heteroatoms. The molecule has 0 radical (unpaired) electrons. The average Bonchev–Trinajstić information content (AvgIpc) is 2.53. The highest BCUT2D eigenvalue weighted by Gasteiger charge is 2.23. The van der Waals surface area contributed by atoms with Crippen molar-refractivity contribution in [3.8, 4) is 0 Å². The minimum atomic E-state index is -0.416. The van der Waals surface area contributed by atoms with Crippen LogP contribution in [0, 0.1) is 0 Å². The molecule has 1 aromatic carbocycles. The van der Waals surface area contributed by atoms with Crippen LogP contribution < -0.4 is 0 Å². The molecule has 1 unspecified atom stereocenters. The van der Waals surface area contributed by atoms with Crippen LogP contribution in [0.5, 0.6) is 0 Å². The third-order valence-corrected chi connectivity index (χ3v) is 4.33. The van der Waals surface area contributed by atoms with Gasteiger partial charge < -0.3 is 14.4 Å². The monoisotopic (exact) mass is 359 g/mol. The summed E-state index contributed by atoms with van der Waals surface area (Å²) in [4.78, 5) is 26.6. The predicted molar refractivity (Wildman–Crippen MR) is 91.9 cm³/mol. The molecule has 128 valence electrons. The molecule has 1 atom stereocenters. The first-order valence-electron chi connectivity index (χ1n) is 7.33. The summed E-state index contributed by atoms with van der Waals surface area (Å²) in [5, 5.41) is 0.319. The summed E-state index contributed by atoms with van der Waals surface area (Å²) in [6.45, 7) is 4.48. The number of methoxy groups -OCH3 is 1. The smallest absolute Gasteiger partial charge is 0.325 e. The second-order valence-corrected chi connectivity index (χ2v) is 6.62. The molecule has 23 heavy (non-hydrogen) atoms. The number of esters is 1. The van der Waals surface area contributed by atoms with E-state index in [1.807, 2.05) is 19.1 Å². The SMILES string of the molecule is CCOC(=O)CN(CCOC)C(=O)C(C)Sc1ccc(Cl)cc1. The van der Waals surface area contributed by atoms with Gasteiger partial charge >= 0.3 is 5.97 Å². The van der Waals surface area contributed by atoms with E-state index >= 15 is 0 Å². The maximum atomic E-state index is 12.6. The largest absolute Gasteiger partial charge is 0.465 e. The zero-order valence-corrected chi connectivity index (χ0v) is 15.2. The Balaban J connectivity index is 2.68. The number of carbonyl (C=O) groups is 2. The maximum Gasteiger partial charge on any atom is 0.325 e. The second kappa shape index (κ2) is 10.5.